The molecule has 0 saturated carbocycles. The lowest BCUT2D eigenvalue weighted by Gasteiger charge is -2.20. The van der Waals surface area contributed by atoms with Gasteiger partial charge in [-0.05, 0) is 18.1 Å². The molecule has 0 bridgehead atoms. The van der Waals surface area contributed by atoms with Crippen molar-refractivity contribution >= 4 is 29.5 Å². The van der Waals surface area contributed by atoms with Crippen molar-refractivity contribution in [2.45, 2.75) is 25.9 Å². The van der Waals surface area contributed by atoms with Crippen LogP contribution in [0.4, 0.5) is 8.78 Å². The van der Waals surface area contributed by atoms with Crippen LogP contribution in [0.15, 0.2) is 12.1 Å². The van der Waals surface area contributed by atoms with E-state index >= 15 is 0 Å². The molecule has 1 aromatic rings. The van der Waals surface area contributed by atoms with Crippen molar-refractivity contribution in [1.82, 2.24) is 9.62 Å². The minimum atomic E-state index is -1.08. The van der Waals surface area contributed by atoms with E-state index in [0.717, 1.165) is 24.8 Å². The van der Waals surface area contributed by atoms with E-state index in [1.165, 1.54) is 6.07 Å². The Morgan fingerprint density at radius 1 is 1.55 bits per heavy atom. The van der Waals surface area contributed by atoms with E-state index < -0.39 is 11.6 Å². The molecule has 1 atom stereocenters. The molecule has 110 valence electrons. The number of hydrogen-bond acceptors (Lipinski definition) is 3. The van der Waals surface area contributed by atoms with Crippen LogP contribution in [0.2, 0.25) is 5.02 Å². The van der Waals surface area contributed by atoms with E-state index in [2.05, 4.69) is 5.32 Å². The molecule has 2 rings (SSSR count). The van der Waals surface area contributed by atoms with E-state index in [9.17, 15) is 13.6 Å². The second-order valence-electron chi connectivity index (χ2n) is 4.42. The highest BCUT2D eigenvalue weighted by atomic mass is 35.5. The van der Waals surface area contributed by atoms with Crippen LogP contribution in [0.5, 0.6) is 0 Å². The van der Waals surface area contributed by atoms with Crippen LogP contribution in [0.1, 0.15) is 18.9 Å². The normalized spacial score (nSPS) is 19.3. The van der Waals surface area contributed by atoms with E-state index in [-0.39, 0.29) is 23.5 Å². The van der Waals surface area contributed by atoms with Crippen LogP contribution in [-0.4, -0.2) is 28.6 Å². The molecule has 20 heavy (non-hydrogen) atoms. The topological polar surface area (TPSA) is 32.3 Å². The summed E-state index contributed by atoms with van der Waals surface area (Å²) in [6.07, 6.45) is 0.788. The predicted molar refractivity (Wildman–Crippen MR) is 76.5 cm³/mol. The van der Waals surface area contributed by atoms with Gasteiger partial charge in [0.05, 0.1) is 11.1 Å². The van der Waals surface area contributed by atoms with Crippen molar-refractivity contribution in [3.05, 3.63) is 34.4 Å². The third-order valence-corrected chi connectivity index (χ3v) is 4.85. The number of carbonyl (C=O) groups is 1. The summed E-state index contributed by atoms with van der Waals surface area (Å²) in [4.78, 5) is 12.1. The lowest BCUT2D eigenvalue weighted by atomic mass is 10.1. The van der Waals surface area contributed by atoms with E-state index in [4.69, 9.17) is 11.6 Å². The van der Waals surface area contributed by atoms with Gasteiger partial charge in [-0.15, -0.1) is 0 Å². The van der Waals surface area contributed by atoms with Crippen molar-refractivity contribution in [2.75, 3.05) is 12.3 Å². The molecule has 3 nitrogen and oxygen atoms in total. The van der Waals surface area contributed by atoms with Crippen LogP contribution < -0.4 is 5.32 Å². The van der Waals surface area contributed by atoms with Crippen molar-refractivity contribution in [2.24, 2.45) is 0 Å². The number of rotatable bonds is 4. The molecule has 1 aliphatic heterocycles. The number of amides is 1. The maximum atomic E-state index is 13.3. The first-order valence-electron chi connectivity index (χ1n) is 6.34. The monoisotopic (exact) mass is 320 g/mol. The Kier molecular flexibility index (Phi) is 5.23. The summed E-state index contributed by atoms with van der Waals surface area (Å²) in [5, 5.41) is 2.45. The van der Waals surface area contributed by atoms with Crippen LogP contribution in [0.3, 0.4) is 0 Å². The van der Waals surface area contributed by atoms with Crippen molar-refractivity contribution < 1.29 is 13.6 Å². The first-order chi connectivity index (χ1) is 9.54. The highest BCUT2D eigenvalue weighted by Gasteiger charge is 2.30. The summed E-state index contributed by atoms with van der Waals surface area (Å²) in [6, 6.07) is 2.21. The third-order valence-electron chi connectivity index (χ3n) is 3.18. The standard InChI is InChI=1S/C13H15ClF2N2OS/c1-2-18-10(5-6-20-18)13(19)17-7-8-3-4-9(15)12(16)11(8)14/h3-4,10H,2,5-7H2,1H3,(H,17,19). The number of benzene rings is 1. The van der Waals surface area contributed by atoms with Crippen LogP contribution in [0.25, 0.3) is 0 Å². The smallest absolute Gasteiger partial charge is 0.238 e. The summed E-state index contributed by atoms with van der Waals surface area (Å²) >= 11 is 7.36. The zero-order valence-corrected chi connectivity index (χ0v) is 12.5. The first-order valence-corrected chi connectivity index (χ1v) is 7.66. The van der Waals surface area contributed by atoms with Crippen molar-refractivity contribution in [3.8, 4) is 0 Å². The number of likely N-dealkylation sites (N-methyl/N-ethyl adjacent to an activating group) is 1. The fourth-order valence-electron chi connectivity index (χ4n) is 2.09. The molecule has 1 amide bonds. The highest BCUT2D eigenvalue weighted by Crippen LogP contribution is 2.27. The summed E-state index contributed by atoms with van der Waals surface area (Å²) in [5.41, 5.74) is 0.368. The Morgan fingerprint density at radius 3 is 3.00 bits per heavy atom. The molecule has 1 fully saturated rings. The number of carbonyl (C=O) groups excluding carboxylic acids is 1. The first kappa shape index (κ1) is 15.5. The fraction of sp³-hybridized carbons (Fsp3) is 0.462. The largest absolute Gasteiger partial charge is 0.351 e. The molecule has 1 unspecified atom stereocenters. The van der Waals surface area contributed by atoms with Gasteiger partial charge in [0.1, 0.15) is 0 Å². The van der Waals surface area contributed by atoms with Gasteiger partial charge >= 0.3 is 0 Å². The lowest BCUT2D eigenvalue weighted by molar-refractivity contribution is -0.124. The average molecular weight is 321 g/mol. The summed E-state index contributed by atoms with van der Waals surface area (Å²) in [6.45, 7) is 2.87. The zero-order chi connectivity index (χ0) is 14.7. The fourth-order valence-corrected chi connectivity index (χ4v) is 3.44. The number of hydrogen-bond donors (Lipinski definition) is 1. The zero-order valence-electron chi connectivity index (χ0n) is 11.0. The lowest BCUT2D eigenvalue weighted by Crippen LogP contribution is -2.40. The molecule has 1 N–H and O–H groups in total. The van der Waals surface area contributed by atoms with E-state index in [1.807, 2.05) is 11.2 Å². The van der Waals surface area contributed by atoms with Gasteiger partial charge in [0, 0.05) is 18.8 Å². The van der Waals surface area contributed by atoms with Crippen molar-refractivity contribution in [3.63, 3.8) is 0 Å². The van der Waals surface area contributed by atoms with Gasteiger partial charge in [-0.1, -0.05) is 36.5 Å². The van der Waals surface area contributed by atoms with Gasteiger partial charge in [-0.25, -0.2) is 13.1 Å². The average Bonchev–Trinajstić information content (AvgIpc) is 2.92. The molecule has 0 spiro atoms. The maximum Gasteiger partial charge on any atom is 0.238 e. The molecule has 1 saturated heterocycles. The molecule has 1 aromatic carbocycles. The second kappa shape index (κ2) is 6.74. The maximum absolute atomic E-state index is 13.3. The van der Waals surface area contributed by atoms with Gasteiger partial charge in [0.2, 0.25) is 5.91 Å². The van der Waals surface area contributed by atoms with Gasteiger partial charge in [-0.2, -0.15) is 0 Å². The molecule has 7 heteroatoms. The van der Waals surface area contributed by atoms with Crippen LogP contribution in [-0.2, 0) is 11.3 Å². The SMILES string of the molecule is CCN1SCCC1C(=O)NCc1ccc(F)c(F)c1Cl. The van der Waals surface area contributed by atoms with E-state index in [0.29, 0.717) is 5.56 Å². The summed E-state index contributed by atoms with van der Waals surface area (Å²) in [5.74, 6) is -1.27. The minimum Gasteiger partial charge on any atom is -0.351 e. The summed E-state index contributed by atoms with van der Waals surface area (Å²) in [7, 11) is 0. The Hall–Kier alpha value is -0.850. The molecular formula is C13H15ClF2N2OS. The van der Waals surface area contributed by atoms with Gasteiger partial charge in [-0.3, -0.25) is 4.79 Å². The molecular weight excluding hydrogens is 306 g/mol. The second-order valence-corrected chi connectivity index (χ2v) is 5.94. The Bertz CT molecular complexity index is 515. The van der Waals surface area contributed by atoms with E-state index in [1.54, 1.807) is 11.9 Å². The number of halogens is 3. The molecule has 1 heterocycles. The highest BCUT2D eigenvalue weighted by molar-refractivity contribution is 7.97. The van der Waals surface area contributed by atoms with Crippen LogP contribution >= 0.6 is 23.5 Å². The van der Waals surface area contributed by atoms with Crippen LogP contribution in [0, 0.1) is 11.6 Å². The molecule has 0 radical (unpaired) electrons. The van der Waals surface area contributed by atoms with Gasteiger partial charge in [0.15, 0.2) is 11.6 Å². The molecule has 0 aromatic heterocycles. The Morgan fingerprint density at radius 2 is 2.30 bits per heavy atom. The Labute approximate surface area is 125 Å². The van der Waals surface area contributed by atoms with Crippen molar-refractivity contribution in [1.29, 1.82) is 0 Å². The minimum absolute atomic E-state index is 0.0909. The Balaban J connectivity index is 1.99. The predicted octanol–water partition coefficient (Wildman–Crippen LogP) is 2.98. The third kappa shape index (κ3) is 3.24. The quantitative estimate of drug-likeness (QED) is 0.684. The molecule has 1 aliphatic rings. The summed E-state index contributed by atoms with van der Waals surface area (Å²) < 4.78 is 28.3. The molecule has 0 aliphatic carbocycles. The van der Waals surface area contributed by atoms with Gasteiger partial charge in [0.25, 0.3) is 0 Å². The number of nitrogens with one attached hydrogen (secondary N) is 1. The van der Waals surface area contributed by atoms with Gasteiger partial charge < -0.3 is 5.32 Å². The number of nitrogens with zero attached hydrogens (tertiary/aromatic N) is 1.